The van der Waals surface area contributed by atoms with Gasteiger partial charge in [-0.25, -0.2) is 4.98 Å². The number of carbonyl (C=O) groups excluding carboxylic acids is 1. The van der Waals surface area contributed by atoms with Crippen molar-refractivity contribution >= 4 is 11.7 Å². The molecule has 1 spiro atoms. The lowest BCUT2D eigenvalue weighted by atomic mass is 10.0. The fourth-order valence-electron chi connectivity index (χ4n) is 4.04. The SMILES string of the molecule is CCN1CCN(C(=O)c2ccnc(N3CCC4(CC3)OCCO4)c2)CC1. The molecule has 0 atom stereocenters. The number of piperazine rings is 1. The van der Waals surface area contributed by atoms with E-state index in [1.807, 2.05) is 17.0 Å². The minimum atomic E-state index is -0.386. The van der Waals surface area contributed by atoms with Gasteiger partial charge in [-0.2, -0.15) is 0 Å². The fourth-order valence-corrected chi connectivity index (χ4v) is 4.04. The van der Waals surface area contributed by atoms with Gasteiger partial charge in [0.2, 0.25) is 0 Å². The molecule has 26 heavy (non-hydrogen) atoms. The number of rotatable bonds is 3. The van der Waals surface area contributed by atoms with Crippen LogP contribution in [0, 0.1) is 0 Å². The summed E-state index contributed by atoms with van der Waals surface area (Å²) in [5.74, 6) is 0.597. The van der Waals surface area contributed by atoms with Gasteiger partial charge in [-0.3, -0.25) is 4.79 Å². The topological polar surface area (TPSA) is 58.1 Å². The molecule has 3 fully saturated rings. The molecule has 3 saturated heterocycles. The molecule has 3 aliphatic heterocycles. The quantitative estimate of drug-likeness (QED) is 0.807. The van der Waals surface area contributed by atoms with Crippen LogP contribution in [-0.4, -0.2) is 85.5 Å². The van der Waals surface area contributed by atoms with E-state index in [4.69, 9.17) is 9.47 Å². The summed E-state index contributed by atoms with van der Waals surface area (Å²) in [4.78, 5) is 23.9. The van der Waals surface area contributed by atoms with Crippen LogP contribution in [0.2, 0.25) is 0 Å². The van der Waals surface area contributed by atoms with E-state index in [0.717, 1.165) is 70.0 Å². The van der Waals surface area contributed by atoms with E-state index in [1.54, 1.807) is 6.20 Å². The second-order valence-electron chi connectivity index (χ2n) is 7.22. The van der Waals surface area contributed by atoms with Crippen LogP contribution >= 0.6 is 0 Å². The highest BCUT2D eigenvalue weighted by molar-refractivity contribution is 5.95. The molecular formula is C19H28N4O3. The summed E-state index contributed by atoms with van der Waals surface area (Å²) >= 11 is 0. The number of nitrogens with zero attached hydrogens (tertiary/aromatic N) is 4. The van der Waals surface area contributed by atoms with Crippen molar-refractivity contribution in [3.05, 3.63) is 23.9 Å². The Balaban J connectivity index is 1.40. The van der Waals surface area contributed by atoms with Gasteiger partial charge >= 0.3 is 0 Å². The first-order chi connectivity index (χ1) is 12.7. The number of pyridine rings is 1. The number of hydrogen-bond donors (Lipinski definition) is 0. The number of ether oxygens (including phenoxy) is 2. The lowest BCUT2D eigenvalue weighted by Gasteiger charge is -2.38. The third kappa shape index (κ3) is 3.56. The van der Waals surface area contributed by atoms with E-state index in [0.29, 0.717) is 13.2 Å². The Labute approximate surface area is 154 Å². The molecular weight excluding hydrogens is 332 g/mol. The Bertz CT molecular complexity index is 629. The molecule has 0 unspecified atom stereocenters. The van der Waals surface area contributed by atoms with Crippen molar-refractivity contribution in [2.75, 3.05) is 63.9 Å². The fraction of sp³-hybridized carbons (Fsp3) is 0.684. The molecule has 3 aliphatic rings. The minimum absolute atomic E-state index is 0.111. The van der Waals surface area contributed by atoms with E-state index < -0.39 is 0 Å². The number of aromatic nitrogens is 1. The maximum Gasteiger partial charge on any atom is 0.254 e. The van der Waals surface area contributed by atoms with Gasteiger partial charge in [0.1, 0.15) is 5.82 Å². The molecule has 0 radical (unpaired) electrons. The second-order valence-corrected chi connectivity index (χ2v) is 7.22. The Morgan fingerprint density at radius 2 is 1.81 bits per heavy atom. The van der Waals surface area contributed by atoms with Gasteiger partial charge in [-0.05, 0) is 18.7 Å². The van der Waals surface area contributed by atoms with Crippen molar-refractivity contribution in [1.82, 2.24) is 14.8 Å². The van der Waals surface area contributed by atoms with E-state index in [-0.39, 0.29) is 11.7 Å². The van der Waals surface area contributed by atoms with Gasteiger partial charge in [0.05, 0.1) is 13.2 Å². The third-order valence-corrected chi connectivity index (χ3v) is 5.76. The van der Waals surface area contributed by atoms with Crippen LogP contribution < -0.4 is 4.90 Å². The van der Waals surface area contributed by atoms with Crippen molar-refractivity contribution in [1.29, 1.82) is 0 Å². The highest BCUT2D eigenvalue weighted by Gasteiger charge is 2.40. The minimum Gasteiger partial charge on any atom is -0.356 e. The zero-order valence-corrected chi connectivity index (χ0v) is 15.5. The molecule has 4 heterocycles. The monoisotopic (exact) mass is 360 g/mol. The molecule has 142 valence electrons. The summed E-state index contributed by atoms with van der Waals surface area (Å²) < 4.78 is 11.6. The van der Waals surface area contributed by atoms with Crippen LogP contribution in [0.5, 0.6) is 0 Å². The van der Waals surface area contributed by atoms with Crippen molar-refractivity contribution in [3.8, 4) is 0 Å². The molecule has 7 nitrogen and oxygen atoms in total. The van der Waals surface area contributed by atoms with Gasteiger partial charge in [0, 0.05) is 63.9 Å². The molecule has 1 aromatic rings. The third-order valence-electron chi connectivity index (χ3n) is 5.76. The normalized spacial score (nSPS) is 23.6. The van der Waals surface area contributed by atoms with Gasteiger partial charge in [0.25, 0.3) is 5.91 Å². The standard InChI is InChI=1S/C19H28N4O3/c1-2-21-9-11-23(12-10-21)18(24)16-3-6-20-17(15-16)22-7-4-19(5-8-22)25-13-14-26-19/h3,6,15H,2,4-5,7-14H2,1H3. The molecule has 4 rings (SSSR count). The number of carbonyl (C=O) groups is 1. The van der Waals surface area contributed by atoms with Crippen LogP contribution in [0.25, 0.3) is 0 Å². The first-order valence-corrected chi connectivity index (χ1v) is 9.70. The molecule has 0 saturated carbocycles. The van der Waals surface area contributed by atoms with E-state index in [1.165, 1.54) is 0 Å². The number of amides is 1. The molecule has 0 aromatic carbocycles. The molecule has 7 heteroatoms. The van der Waals surface area contributed by atoms with Gasteiger partial charge in [-0.15, -0.1) is 0 Å². The Morgan fingerprint density at radius 1 is 1.12 bits per heavy atom. The lowest BCUT2D eigenvalue weighted by molar-refractivity contribution is -0.169. The lowest BCUT2D eigenvalue weighted by Crippen LogP contribution is -2.48. The summed E-state index contributed by atoms with van der Waals surface area (Å²) in [6.45, 7) is 9.75. The molecule has 0 bridgehead atoms. The van der Waals surface area contributed by atoms with Gasteiger partial charge in [-0.1, -0.05) is 6.92 Å². The smallest absolute Gasteiger partial charge is 0.254 e. The average Bonchev–Trinajstić information content (AvgIpc) is 3.16. The summed E-state index contributed by atoms with van der Waals surface area (Å²) in [6.07, 6.45) is 3.43. The highest BCUT2D eigenvalue weighted by Crippen LogP contribution is 2.32. The van der Waals surface area contributed by atoms with Crippen molar-refractivity contribution in [2.24, 2.45) is 0 Å². The zero-order chi connectivity index (χ0) is 18.0. The molecule has 1 amide bonds. The maximum atomic E-state index is 12.9. The second kappa shape index (κ2) is 7.50. The molecule has 1 aromatic heterocycles. The van der Waals surface area contributed by atoms with Gasteiger partial charge in [0.15, 0.2) is 5.79 Å². The highest BCUT2D eigenvalue weighted by atomic mass is 16.7. The Morgan fingerprint density at radius 3 is 2.46 bits per heavy atom. The number of piperidine rings is 1. The van der Waals surface area contributed by atoms with E-state index >= 15 is 0 Å². The van der Waals surface area contributed by atoms with E-state index in [2.05, 4.69) is 21.7 Å². The Hall–Kier alpha value is -1.70. The largest absolute Gasteiger partial charge is 0.356 e. The first-order valence-electron chi connectivity index (χ1n) is 9.70. The van der Waals surface area contributed by atoms with Crippen LogP contribution in [0.1, 0.15) is 30.1 Å². The number of hydrogen-bond acceptors (Lipinski definition) is 6. The van der Waals surface area contributed by atoms with E-state index in [9.17, 15) is 4.79 Å². The Kier molecular flexibility index (Phi) is 5.11. The zero-order valence-electron chi connectivity index (χ0n) is 15.5. The van der Waals surface area contributed by atoms with Gasteiger partial charge < -0.3 is 24.2 Å². The molecule has 0 N–H and O–H groups in total. The first kappa shape index (κ1) is 17.7. The van der Waals surface area contributed by atoms with Crippen LogP contribution in [0.4, 0.5) is 5.82 Å². The average molecular weight is 360 g/mol. The van der Waals surface area contributed by atoms with Crippen molar-refractivity contribution in [2.45, 2.75) is 25.6 Å². The number of anilines is 1. The van der Waals surface area contributed by atoms with Crippen molar-refractivity contribution in [3.63, 3.8) is 0 Å². The number of likely N-dealkylation sites (N-methyl/N-ethyl adjacent to an activating group) is 1. The van der Waals surface area contributed by atoms with Crippen LogP contribution in [0.3, 0.4) is 0 Å². The summed E-state index contributed by atoms with van der Waals surface area (Å²) in [6, 6.07) is 3.76. The predicted molar refractivity (Wildman–Crippen MR) is 98.3 cm³/mol. The summed E-state index contributed by atoms with van der Waals surface area (Å²) in [5, 5.41) is 0. The van der Waals surface area contributed by atoms with Crippen LogP contribution in [0.15, 0.2) is 18.3 Å². The maximum absolute atomic E-state index is 12.9. The summed E-state index contributed by atoms with van der Waals surface area (Å²) in [5.41, 5.74) is 0.730. The predicted octanol–water partition coefficient (Wildman–Crippen LogP) is 1.20. The summed E-state index contributed by atoms with van der Waals surface area (Å²) in [7, 11) is 0. The molecule has 0 aliphatic carbocycles. The van der Waals surface area contributed by atoms with Crippen LogP contribution in [-0.2, 0) is 9.47 Å². The van der Waals surface area contributed by atoms with Crippen molar-refractivity contribution < 1.29 is 14.3 Å².